The number of allylic oxidation sites excluding steroid dienone is 1. The van der Waals surface area contributed by atoms with Gasteiger partial charge >= 0.3 is 0 Å². The summed E-state index contributed by atoms with van der Waals surface area (Å²) in [6.07, 6.45) is 1.08. The molecular weight excluding hydrogens is 336 g/mol. The van der Waals surface area contributed by atoms with Crippen molar-refractivity contribution in [2.24, 2.45) is 0 Å². The minimum absolute atomic E-state index is 0.161. The number of benzene rings is 3. The summed E-state index contributed by atoms with van der Waals surface area (Å²) in [5.74, 6) is -0.406. The van der Waals surface area contributed by atoms with Crippen LogP contribution in [0.2, 0.25) is 0 Å². The summed E-state index contributed by atoms with van der Waals surface area (Å²) in [4.78, 5) is 21.9. The van der Waals surface area contributed by atoms with Gasteiger partial charge in [0.25, 0.3) is 11.4 Å². The van der Waals surface area contributed by atoms with E-state index in [1.807, 2.05) is 30.3 Å². The number of fused-ring (bicyclic) bond motifs is 3. The third-order valence-electron chi connectivity index (χ3n) is 4.47. The average molecular weight is 348 g/mol. The molecule has 4 rings (SSSR count). The number of hydrogen-bond donors (Lipinski definition) is 0. The zero-order chi connectivity index (χ0) is 18.3. The van der Waals surface area contributed by atoms with Crippen LogP contribution in [0.1, 0.15) is 17.0 Å². The molecule has 128 valence electrons. The molecule has 3 aromatic carbocycles. The normalized spacial score (nSPS) is 15.7. The maximum atomic E-state index is 11.6. The van der Waals surface area contributed by atoms with Crippen molar-refractivity contribution in [1.82, 2.24) is 0 Å². The summed E-state index contributed by atoms with van der Waals surface area (Å²) >= 11 is 0. The Morgan fingerprint density at radius 3 is 2.31 bits per heavy atom. The van der Waals surface area contributed by atoms with Crippen LogP contribution < -0.4 is 4.74 Å². The molecule has 1 aliphatic rings. The summed E-state index contributed by atoms with van der Waals surface area (Å²) in [6.45, 7) is 0. The summed E-state index contributed by atoms with van der Waals surface area (Å²) in [6, 6.07) is 17.1. The molecule has 0 spiro atoms. The van der Waals surface area contributed by atoms with E-state index in [2.05, 4.69) is 0 Å². The maximum absolute atomic E-state index is 11.6. The summed E-state index contributed by atoms with van der Waals surface area (Å²) in [7, 11) is 0. The van der Waals surface area contributed by atoms with Crippen LogP contribution in [-0.2, 0) is 0 Å². The van der Waals surface area contributed by atoms with Gasteiger partial charge in [-0.2, -0.15) is 0 Å². The lowest BCUT2D eigenvalue weighted by atomic mass is 9.85. The van der Waals surface area contributed by atoms with Crippen LogP contribution in [0, 0.1) is 20.2 Å². The Morgan fingerprint density at radius 1 is 0.808 bits per heavy atom. The second kappa shape index (κ2) is 5.96. The number of para-hydroxylation sites is 1. The fourth-order valence-corrected chi connectivity index (χ4v) is 3.34. The molecule has 7 heteroatoms. The smallest absolute Gasteiger partial charge is 0.293 e. The Kier molecular flexibility index (Phi) is 3.62. The van der Waals surface area contributed by atoms with Crippen molar-refractivity contribution in [3.8, 4) is 5.75 Å². The largest absolute Gasteiger partial charge is 0.457 e. The molecular formula is C19H12N2O5. The van der Waals surface area contributed by atoms with E-state index < -0.39 is 15.8 Å². The third kappa shape index (κ3) is 2.37. The van der Waals surface area contributed by atoms with Crippen molar-refractivity contribution < 1.29 is 14.6 Å². The molecule has 0 radical (unpaired) electrons. The first-order valence-corrected chi connectivity index (χ1v) is 7.84. The number of ether oxygens (including phenoxy) is 1. The van der Waals surface area contributed by atoms with E-state index in [4.69, 9.17) is 4.74 Å². The molecule has 1 atom stereocenters. The summed E-state index contributed by atoms with van der Waals surface area (Å²) in [5.41, 5.74) is 0.404. The van der Waals surface area contributed by atoms with E-state index in [0.717, 1.165) is 17.0 Å². The van der Waals surface area contributed by atoms with Gasteiger partial charge in [0.2, 0.25) is 0 Å². The maximum Gasteiger partial charge on any atom is 0.293 e. The molecule has 1 aliphatic heterocycles. The topological polar surface area (TPSA) is 95.5 Å². The van der Waals surface area contributed by atoms with Crippen molar-refractivity contribution in [3.05, 3.63) is 104 Å². The van der Waals surface area contributed by atoms with Gasteiger partial charge in [-0.25, -0.2) is 0 Å². The van der Waals surface area contributed by atoms with Gasteiger partial charge in [-0.05, 0) is 5.39 Å². The van der Waals surface area contributed by atoms with Crippen molar-refractivity contribution in [2.75, 3.05) is 0 Å². The molecule has 0 saturated heterocycles. The van der Waals surface area contributed by atoms with Crippen LogP contribution in [0.5, 0.6) is 5.75 Å². The van der Waals surface area contributed by atoms with E-state index in [0.29, 0.717) is 11.3 Å². The quantitative estimate of drug-likeness (QED) is 0.516. The Bertz CT molecular complexity index is 1090. The minimum atomic E-state index is -0.889. The number of nitro groups is 2. The van der Waals surface area contributed by atoms with Gasteiger partial charge in [-0.1, -0.05) is 54.6 Å². The molecule has 0 N–H and O–H groups in total. The lowest BCUT2D eigenvalue weighted by Crippen LogP contribution is -2.18. The van der Waals surface area contributed by atoms with Crippen molar-refractivity contribution >= 4 is 16.5 Å². The number of nitro benzene ring substituents is 1. The molecule has 1 unspecified atom stereocenters. The van der Waals surface area contributed by atoms with Gasteiger partial charge in [0.1, 0.15) is 11.7 Å². The van der Waals surface area contributed by atoms with Crippen LogP contribution in [0.3, 0.4) is 0 Å². The van der Waals surface area contributed by atoms with Gasteiger partial charge in [-0.15, -0.1) is 0 Å². The Balaban J connectivity index is 2.02. The highest BCUT2D eigenvalue weighted by atomic mass is 16.6. The molecule has 1 heterocycles. The standard InChI is InChI=1S/C19H12N2O5/c22-20(23)16-8-4-3-7-14(16)18-15-10-9-12-5-1-2-6-13(12)19(15)26-11-17(18)21(24)25/h1-11,18H. The molecule has 0 aromatic heterocycles. The predicted octanol–water partition coefficient (Wildman–Crippen LogP) is 4.39. The van der Waals surface area contributed by atoms with Crippen LogP contribution in [-0.4, -0.2) is 9.85 Å². The highest BCUT2D eigenvalue weighted by molar-refractivity contribution is 5.90. The van der Waals surface area contributed by atoms with Gasteiger partial charge in [0.15, 0.2) is 6.26 Å². The highest BCUT2D eigenvalue weighted by Crippen LogP contribution is 2.46. The van der Waals surface area contributed by atoms with Gasteiger partial charge in [-0.3, -0.25) is 20.2 Å². The first kappa shape index (κ1) is 15.8. The molecule has 0 aliphatic carbocycles. The van der Waals surface area contributed by atoms with Crippen LogP contribution in [0.25, 0.3) is 10.8 Å². The van der Waals surface area contributed by atoms with E-state index in [-0.39, 0.29) is 16.9 Å². The van der Waals surface area contributed by atoms with E-state index in [1.165, 1.54) is 12.1 Å². The Hall–Kier alpha value is -3.74. The highest BCUT2D eigenvalue weighted by Gasteiger charge is 2.38. The van der Waals surface area contributed by atoms with E-state index in [9.17, 15) is 20.2 Å². The van der Waals surface area contributed by atoms with Crippen molar-refractivity contribution in [3.63, 3.8) is 0 Å². The van der Waals surface area contributed by atoms with Crippen LogP contribution in [0.4, 0.5) is 5.69 Å². The molecule has 0 bridgehead atoms. The van der Waals surface area contributed by atoms with Crippen LogP contribution >= 0.6 is 0 Å². The average Bonchev–Trinajstić information content (AvgIpc) is 2.66. The lowest BCUT2D eigenvalue weighted by molar-refractivity contribution is -0.431. The zero-order valence-electron chi connectivity index (χ0n) is 13.4. The van der Waals surface area contributed by atoms with E-state index in [1.54, 1.807) is 18.2 Å². The molecule has 0 fully saturated rings. The monoisotopic (exact) mass is 348 g/mol. The first-order chi connectivity index (χ1) is 12.6. The number of nitrogens with zero attached hydrogens (tertiary/aromatic N) is 2. The second-order valence-corrected chi connectivity index (χ2v) is 5.87. The second-order valence-electron chi connectivity index (χ2n) is 5.87. The zero-order valence-corrected chi connectivity index (χ0v) is 13.4. The van der Waals surface area contributed by atoms with Gasteiger partial charge < -0.3 is 4.74 Å². The van der Waals surface area contributed by atoms with Gasteiger partial charge in [0.05, 0.1) is 9.85 Å². The number of hydrogen-bond acceptors (Lipinski definition) is 5. The lowest BCUT2D eigenvalue weighted by Gasteiger charge is -2.23. The Labute approximate surface area is 147 Å². The minimum Gasteiger partial charge on any atom is -0.457 e. The third-order valence-corrected chi connectivity index (χ3v) is 4.47. The van der Waals surface area contributed by atoms with Crippen molar-refractivity contribution in [2.45, 2.75) is 5.92 Å². The van der Waals surface area contributed by atoms with Gasteiger partial charge in [0, 0.05) is 22.6 Å². The van der Waals surface area contributed by atoms with Crippen molar-refractivity contribution in [1.29, 1.82) is 0 Å². The fraction of sp³-hybridized carbons (Fsp3) is 0.0526. The first-order valence-electron chi connectivity index (χ1n) is 7.84. The summed E-state index contributed by atoms with van der Waals surface area (Å²) < 4.78 is 5.59. The molecule has 26 heavy (non-hydrogen) atoms. The molecule has 7 nitrogen and oxygen atoms in total. The Morgan fingerprint density at radius 2 is 1.54 bits per heavy atom. The SMILES string of the molecule is O=[N+]([O-])C1=COc2c(ccc3ccccc23)C1c1ccccc1[N+](=O)[O-]. The fourth-order valence-electron chi connectivity index (χ4n) is 3.34. The molecule has 0 saturated carbocycles. The predicted molar refractivity (Wildman–Crippen MR) is 94.6 cm³/mol. The molecule has 0 amide bonds. The summed E-state index contributed by atoms with van der Waals surface area (Å²) in [5, 5.41) is 24.8. The van der Waals surface area contributed by atoms with Crippen LogP contribution in [0.15, 0.2) is 72.6 Å². The van der Waals surface area contributed by atoms with E-state index >= 15 is 0 Å². The molecule has 3 aromatic rings. The number of rotatable bonds is 3.